The maximum Gasteiger partial charge on any atom is 0.248 e. The molecule has 10 heteroatoms. The highest BCUT2D eigenvalue weighted by Gasteiger charge is 2.21. The standard InChI is InChI=1S/C37H34N6O2S2/c1-40(36(46)30-24-42(22-26-13-5-3-6-14-26)32-19-11-9-17-28(30)32)38-34(44)21-35(45)39-41(2)37(47)31-25-43(23-27-15-7-4-8-16-27)33-20-12-10-18-29(31)33/h3-20,24-25H,21-23H2,1-2H3,(H,38,44)(H,39,45). The lowest BCUT2D eigenvalue weighted by molar-refractivity contribution is -0.132. The van der Waals surface area contributed by atoms with Gasteiger partial charge in [0.25, 0.3) is 0 Å². The first-order chi connectivity index (χ1) is 22.8. The van der Waals surface area contributed by atoms with Gasteiger partial charge in [-0.05, 0) is 23.3 Å². The molecule has 0 atom stereocenters. The molecule has 4 aromatic carbocycles. The van der Waals surface area contributed by atoms with E-state index in [2.05, 4.69) is 56.4 Å². The Bertz CT molecular complexity index is 1940. The molecule has 0 aliphatic carbocycles. The summed E-state index contributed by atoms with van der Waals surface area (Å²) >= 11 is 11.6. The average Bonchev–Trinajstić information content (AvgIpc) is 3.63. The first kappa shape index (κ1) is 31.7. The molecule has 0 unspecified atom stereocenters. The Kier molecular flexibility index (Phi) is 9.42. The van der Waals surface area contributed by atoms with Gasteiger partial charge in [0.05, 0.1) is 0 Å². The fourth-order valence-corrected chi connectivity index (χ4v) is 6.13. The number of carbonyl (C=O) groups excluding carboxylic acids is 2. The molecule has 6 aromatic rings. The lowest BCUT2D eigenvalue weighted by Crippen LogP contribution is -2.47. The zero-order valence-electron chi connectivity index (χ0n) is 26.1. The van der Waals surface area contributed by atoms with E-state index in [4.69, 9.17) is 24.4 Å². The normalized spacial score (nSPS) is 10.9. The van der Waals surface area contributed by atoms with Crippen LogP contribution in [0, 0.1) is 0 Å². The van der Waals surface area contributed by atoms with Crippen LogP contribution in [0.5, 0.6) is 0 Å². The number of para-hydroxylation sites is 2. The molecule has 2 heterocycles. The fourth-order valence-electron chi connectivity index (χ4n) is 5.72. The summed E-state index contributed by atoms with van der Waals surface area (Å²) in [6, 6.07) is 36.4. The number of benzene rings is 4. The number of amides is 2. The largest absolute Gasteiger partial charge is 0.342 e. The maximum atomic E-state index is 12.9. The summed E-state index contributed by atoms with van der Waals surface area (Å²) < 4.78 is 4.29. The molecule has 2 amide bonds. The number of aromatic nitrogens is 2. The van der Waals surface area contributed by atoms with Gasteiger partial charge in [0, 0.05) is 72.5 Å². The van der Waals surface area contributed by atoms with Gasteiger partial charge in [0.2, 0.25) is 11.8 Å². The Morgan fingerprint density at radius 3 is 1.34 bits per heavy atom. The highest BCUT2D eigenvalue weighted by molar-refractivity contribution is 7.81. The van der Waals surface area contributed by atoms with E-state index < -0.39 is 18.2 Å². The van der Waals surface area contributed by atoms with Gasteiger partial charge >= 0.3 is 0 Å². The SMILES string of the molecule is CN(NC(=O)CC(=O)NN(C)C(=S)c1cn(Cc2ccccc2)c2ccccc12)C(=S)c1cn(Cc2ccccc2)c2ccccc12. The fraction of sp³-hybridized carbons (Fsp3) is 0.135. The number of hydrogen-bond acceptors (Lipinski definition) is 4. The zero-order chi connectivity index (χ0) is 32.9. The van der Waals surface area contributed by atoms with Crippen LogP contribution in [0.25, 0.3) is 21.8 Å². The monoisotopic (exact) mass is 658 g/mol. The molecule has 0 fully saturated rings. The predicted molar refractivity (Wildman–Crippen MR) is 195 cm³/mol. The Hall–Kier alpha value is -5.32. The molecular weight excluding hydrogens is 625 g/mol. The van der Waals surface area contributed by atoms with Gasteiger partial charge in [-0.3, -0.25) is 30.5 Å². The van der Waals surface area contributed by atoms with E-state index in [0.717, 1.165) is 32.9 Å². The lowest BCUT2D eigenvalue weighted by atomic mass is 10.2. The van der Waals surface area contributed by atoms with E-state index in [9.17, 15) is 9.59 Å². The van der Waals surface area contributed by atoms with Crippen molar-refractivity contribution in [1.82, 2.24) is 30.0 Å². The first-order valence-corrected chi connectivity index (χ1v) is 16.0. The minimum absolute atomic E-state index is 0.411. The van der Waals surface area contributed by atoms with Crippen LogP contribution in [0.1, 0.15) is 28.7 Å². The summed E-state index contributed by atoms with van der Waals surface area (Å²) in [6.45, 7) is 1.37. The number of fused-ring (bicyclic) bond motifs is 2. The lowest BCUT2D eigenvalue weighted by Gasteiger charge is -2.22. The van der Waals surface area contributed by atoms with Crippen molar-refractivity contribution in [3.05, 3.63) is 144 Å². The van der Waals surface area contributed by atoms with Crippen molar-refractivity contribution in [2.75, 3.05) is 14.1 Å². The summed E-state index contributed by atoms with van der Waals surface area (Å²) in [5.41, 5.74) is 11.5. The summed E-state index contributed by atoms with van der Waals surface area (Å²) in [5, 5.41) is 4.92. The van der Waals surface area contributed by atoms with Crippen molar-refractivity contribution in [2.24, 2.45) is 0 Å². The van der Waals surface area contributed by atoms with Gasteiger partial charge in [-0.25, -0.2) is 0 Å². The second kappa shape index (κ2) is 14.0. The van der Waals surface area contributed by atoms with E-state index in [1.807, 2.05) is 85.2 Å². The van der Waals surface area contributed by atoms with Crippen LogP contribution in [0.2, 0.25) is 0 Å². The van der Waals surface area contributed by atoms with Gasteiger partial charge in [-0.2, -0.15) is 0 Å². The highest BCUT2D eigenvalue weighted by Crippen LogP contribution is 2.25. The third-order valence-electron chi connectivity index (χ3n) is 7.94. The quantitative estimate of drug-likeness (QED) is 0.118. The second-order valence-electron chi connectivity index (χ2n) is 11.3. The van der Waals surface area contributed by atoms with E-state index in [0.29, 0.717) is 23.1 Å². The van der Waals surface area contributed by atoms with Crippen molar-refractivity contribution in [2.45, 2.75) is 19.5 Å². The third kappa shape index (κ3) is 7.09. The van der Waals surface area contributed by atoms with Gasteiger partial charge < -0.3 is 9.13 Å². The molecule has 0 aliphatic rings. The Morgan fingerprint density at radius 2 is 0.936 bits per heavy atom. The maximum absolute atomic E-state index is 12.9. The smallest absolute Gasteiger partial charge is 0.248 e. The van der Waals surface area contributed by atoms with Crippen LogP contribution < -0.4 is 10.9 Å². The summed E-state index contributed by atoms with van der Waals surface area (Å²) in [5.74, 6) is -1.00. The molecule has 0 aliphatic heterocycles. The van der Waals surface area contributed by atoms with Gasteiger partial charge in [-0.1, -0.05) is 121 Å². The zero-order valence-corrected chi connectivity index (χ0v) is 27.7. The van der Waals surface area contributed by atoms with Crippen molar-refractivity contribution in [3.8, 4) is 0 Å². The summed E-state index contributed by atoms with van der Waals surface area (Å²) in [6.07, 6.45) is 3.59. The van der Waals surface area contributed by atoms with Gasteiger partial charge in [0.1, 0.15) is 16.4 Å². The van der Waals surface area contributed by atoms with Gasteiger partial charge in [0.15, 0.2) is 0 Å². The molecule has 236 valence electrons. The number of hydrogen-bond donors (Lipinski definition) is 2. The molecule has 0 bridgehead atoms. The molecule has 0 saturated carbocycles. The first-order valence-electron chi connectivity index (χ1n) is 15.2. The number of nitrogens with zero attached hydrogens (tertiary/aromatic N) is 4. The van der Waals surface area contributed by atoms with Crippen LogP contribution in [0.4, 0.5) is 0 Å². The molecule has 6 rings (SSSR count). The molecule has 0 saturated heterocycles. The number of hydrazine groups is 2. The Morgan fingerprint density at radius 1 is 0.574 bits per heavy atom. The summed E-state index contributed by atoms with van der Waals surface area (Å²) in [7, 11) is 3.35. The van der Waals surface area contributed by atoms with E-state index in [1.54, 1.807) is 14.1 Å². The van der Waals surface area contributed by atoms with E-state index >= 15 is 0 Å². The van der Waals surface area contributed by atoms with E-state index in [1.165, 1.54) is 21.1 Å². The summed E-state index contributed by atoms with van der Waals surface area (Å²) in [4.78, 5) is 26.8. The van der Waals surface area contributed by atoms with Crippen LogP contribution in [-0.4, -0.2) is 55.0 Å². The molecule has 2 aromatic heterocycles. The second-order valence-corrected chi connectivity index (χ2v) is 12.1. The van der Waals surface area contributed by atoms with Crippen molar-refractivity contribution >= 4 is 68.0 Å². The average molecular weight is 659 g/mol. The topological polar surface area (TPSA) is 74.5 Å². The third-order valence-corrected chi connectivity index (χ3v) is 8.93. The highest BCUT2D eigenvalue weighted by atomic mass is 32.1. The van der Waals surface area contributed by atoms with Gasteiger partial charge in [-0.15, -0.1) is 0 Å². The predicted octanol–water partition coefficient (Wildman–Crippen LogP) is 6.06. The minimum Gasteiger partial charge on any atom is -0.342 e. The van der Waals surface area contributed by atoms with Crippen LogP contribution >= 0.6 is 24.4 Å². The molecule has 0 radical (unpaired) electrons. The molecule has 0 spiro atoms. The molecule has 2 N–H and O–H groups in total. The van der Waals surface area contributed by atoms with Crippen LogP contribution in [0.3, 0.4) is 0 Å². The van der Waals surface area contributed by atoms with Crippen molar-refractivity contribution in [1.29, 1.82) is 0 Å². The minimum atomic E-state index is -0.501. The van der Waals surface area contributed by atoms with E-state index in [-0.39, 0.29) is 0 Å². The Balaban J connectivity index is 1.09. The number of nitrogens with one attached hydrogen (secondary N) is 2. The van der Waals surface area contributed by atoms with Crippen molar-refractivity contribution in [3.63, 3.8) is 0 Å². The number of thiocarbonyl (C=S) groups is 2. The molecule has 47 heavy (non-hydrogen) atoms. The van der Waals surface area contributed by atoms with Crippen molar-refractivity contribution < 1.29 is 9.59 Å². The molecular formula is C37H34N6O2S2. The van der Waals surface area contributed by atoms with Crippen LogP contribution in [0.15, 0.2) is 122 Å². The Labute approximate surface area is 284 Å². The number of rotatable bonds is 8. The number of carbonyl (C=O) groups is 2. The van der Waals surface area contributed by atoms with Crippen LogP contribution in [-0.2, 0) is 22.7 Å². The molecule has 8 nitrogen and oxygen atoms in total.